The number of aliphatic hydroxyl groups is 1. The van der Waals surface area contributed by atoms with Crippen LogP contribution in [0.3, 0.4) is 0 Å². The lowest BCUT2D eigenvalue weighted by Crippen LogP contribution is -2.50. The van der Waals surface area contributed by atoms with Gasteiger partial charge in [-0.2, -0.15) is 0 Å². The highest BCUT2D eigenvalue weighted by Crippen LogP contribution is 2.45. The van der Waals surface area contributed by atoms with Gasteiger partial charge in [0.1, 0.15) is 12.2 Å². The number of carbonyl (C=O) groups is 1. The van der Waals surface area contributed by atoms with Crippen LogP contribution in [0.5, 0.6) is 17.2 Å². The second-order valence-corrected chi connectivity index (χ2v) is 9.34. The van der Waals surface area contributed by atoms with Gasteiger partial charge in [-0.15, -0.1) is 0 Å². The molecule has 0 bridgehead atoms. The van der Waals surface area contributed by atoms with E-state index in [0.717, 1.165) is 11.1 Å². The molecule has 34 heavy (non-hydrogen) atoms. The Balaban J connectivity index is 1.62. The highest BCUT2D eigenvalue weighted by molar-refractivity contribution is 5.68. The number of benzene rings is 2. The summed E-state index contributed by atoms with van der Waals surface area (Å²) in [7, 11) is 1.56. The first kappa shape index (κ1) is 23.8. The lowest BCUT2D eigenvalue weighted by atomic mass is 9.80. The van der Waals surface area contributed by atoms with Gasteiger partial charge in [0.15, 0.2) is 11.5 Å². The van der Waals surface area contributed by atoms with Crippen molar-refractivity contribution in [2.45, 2.75) is 57.5 Å². The van der Waals surface area contributed by atoms with Crippen molar-refractivity contribution >= 4 is 6.09 Å². The molecule has 2 aromatic carbocycles. The van der Waals surface area contributed by atoms with Crippen LogP contribution in [0, 0.1) is 0 Å². The van der Waals surface area contributed by atoms with Gasteiger partial charge in [-0.25, -0.2) is 4.79 Å². The fraction of sp³-hybridized carbons (Fsp3) is 0.423. The Kier molecular flexibility index (Phi) is 6.88. The second-order valence-electron chi connectivity index (χ2n) is 9.34. The molecule has 0 unspecified atom stereocenters. The molecule has 0 saturated heterocycles. The van der Waals surface area contributed by atoms with Crippen LogP contribution in [0.2, 0.25) is 0 Å². The summed E-state index contributed by atoms with van der Waals surface area (Å²) in [6.07, 6.45) is 0.503. The fourth-order valence-corrected chi connectivity index (χ4v) is 4.12. The van der Waals surface area contributed by atoms with Crippen LogP contribution in [-0.4, -0.2) is 42.8 Å². The normalized spacial score (nSPS) is 21.4. The first-order chi connectivity index (χ1) is 16.2. The van der Waals surface area contributed by atoms with Crippen molar-refractivity contribution in [3.63, 3.8) is 0 Å². The molecule has 8 heteroatoms. The van der Waals surface area contributed by atoms with Crippen LogP contribution in [0.1, 0.15) is 44.2 Å². The number of hydrogen-bond donors (Lipinski definition) is 2. The third kappa shape index (κ3) is 5.56. The number of rotatable bonds is 6. The molecule has 1 amide bonds. The number of methoxy groups -OCH3 is 1. The second kappa shape index (κ2) is 9.85. The molecule has 0 fully saturated rings. The van der Waals surface area contributed by atoms with Gasteiger partial charge in [0.25, 0.3) is 0 Å². The number of hydrogen-bond acceptors (Lipinski definition) is 7. The van der Waals surface area contributed by atoms with Gasteiger partial charge < -0.3 is 34.1 Å². The molecule has 2 aromatic rings. The number of allylic oxidation sites excluding steroid dienone is 1. The Bertz CT molecular complexity index is 1050. The van der Waals surface area contributed by atoms with E-state index >= 15 is 0 Å². The molecule has 0 radical (unpaired) electrons. The molecule has 1 aliphatic carbocycles. The molecule has 0 saturated carbocycles. The third-order valence-corrected chi connectivity index (χ3v) is 5.64. The van der Waals surface area contributed by atoms with Crippen molar-refractivity contribution < 1.29 is 33.6 Å². The minimum absolute atomic E-state index is 0.105. The van der Waals surface area contributed by atoms with E-state index in [4.69, 9.17) is 23.7 Å². The standard InChI is InChI=1S/C26H31NO7/c1-26(2,3)34-25(29)27-23-19(17-10-21(30-4)24-22(11-17)32-15-33-24)12-18(13-20(23)28)31-14-16-8-6-5-7-9-16/h5-11,13,19-20,23,28H,12,14-15H2,1-4H3,(H,27,29)/t19-,20-,23-/m1/s1. The summed E-state index contributed by atoms with van der Waals surface area (Å²) in [5.41, 5.74) is 1.17. The van der Waals surface area contributed by atoms with E-state index < -0.39 is 23.8 Å². The Morgan fingerprint density at radius 3 is 2.65 bits per heavy atom. The minimum atomic E-state index is -0.992. The first-order valence-electron chi connectivity index (χ1n) is 11.3. The van der Waals surface area contributed by atoms with Gasteiger partial charge in [0.2, 0.25) is 12.5 Å². The topological polar surface area (TPSA) is 95.5 Å². The monoisotopic (exact) mass is 469 g/mol. The Labute approximate surface area is 199 Å². The summed E-state index contributed by atoms with van der Waals surface area (Å²) in [6, 6.07) is 12.9. The molecule has 8 nitrogen and oxygen atoms in total. The molecule has 4 rings (SSSR count). The summed E-state index contributed by atoms with van der Waals surface area (Å²) < 4.78 is 28.1. The zero-order chi connectivity index (χ0) is 24.3. The van der Waals surface area contributed by atoms with Gasteiger partial charge in [-0.05, 0) is 50.1 Å². The SMILES string of the molecule is COc1cc([C@H]2CC(OCc3ccccc3)=C[C@@H](O)[C@@H]2NC(=O)OC(C)(C)C)cc2c1OCO2. The minimum Gasteiger partial charge on any atom is -0.493 e. The van der Waals surface area contributed by atoms with Crippen molar-refractivity contribution in [3.8, 4) is 17.2 Å². The van der Waals surface area contributed by atoms with Crippen LogP contribution in [0.15, 0.2) is 54.3 Å². The van der Waals surface area contributed by atoms with Crippen molar-refractivity contribution in [1.29, 1.82) is 0 Å². The van der Waals surface area contributed by atoms with Gasteiger partial charge >= 0.3 is 6.09 Å². The van der Waals surface area contributed by atoms with Crippen molar-refractivity contribution in [1.82, 2.24) is 5.32 Å². The summed E-state index contributed by atoms with van der Waals surface area (Å²) >= 11 is 0. The summed E-state index contributed by atoms with van der Waals surface area (Å²) in [5, 5.41) is 13.9. The van der Waals surface area contributed by atoms with Crippen molar-refractivity contribution in [2.75, 3.05) is 13.9 Å². The van der Waals surface area contributed by atoms with Crippen LogP contribution in [0.25, 0.3) is 0 Å². The number of nitrogens with one attached hydrogen (secondary N) is 1. The van der Waals surface area contributed by atoms with Crippen molar-refractivity contribution in [3.05, 3.63) is 65.4 Å². The molecule has 2 aliphatic rings. The highest BCUT2D eigenvalue weighted by atomic mass is 16.7. The Morgan fingerprint density at radius 1 is 1.18 bits per heavy atom. The van der Waals surface area contributed by atoms with E-state index in [0.29, 0.717) is 36.0 Å². The molecule has 2 N–H and O–H groups in total. The number of amides is 1. The van der Waals surface area contributed by atoms with E-state index in [1.54, 1.807) is 34.0 Å². The zero-order valence-corrected chi connectivity index (χ0v) is 19.9. The Hall–Kier alpha value is -3.39. The predicted molar refractivity (Wildman–Crippen MR) is 125 cm³/mol. The van der Waals surface area contributed by atoms with Gasteiger partial charge in [-0.1, -0.05) is 30.3 Å². The van der Waals surface area contributed by atoms with Gasteiger partial charge in [-0.3, -0.25) is 0 Å². The number of fused-ring (bicyclic) bond motifs is 1. The summed E-state index contributed by atoms with van der Waals surface area (Å²) in [4.78, 5) is 12.6. The molecule has 182 valence electrons. The first-order valence-corrected chi connectivity index (χ1v) is 11.3. The Morgan fingerprint density at radius 2 is 1.94 bits per heavy atom. The predicted octanol–water partition coefficient (Wildman–Crippen LogP) is 4.27. The smallest absolute Gasteiger partial charge is 0.407 e. The van der Waals surface area contributed by atoms with E-state index in [1.807, 2.05) is 42.5 Å². The van der Waals surface area contributed by atoms with Crippen LogP contribution in [0.4, 0.5) is 4.79 Å². The molecule has 0 spiro atoms. The number of aliphatic hydroxyl groups excluding tert-OH is 1. The van der Waals surface area contributed by atoms with E-state index in [2.05, 4.69) is 5.32 Å². The fourth-order valence-electron chi connectivity index (χ4n) is 4.12. The molecular weight excluding hydrogens is 438 g/mol. The zero-order valence-electron chi connectivity index (χ0n) is 19.9. The number of carbonyl (C=O) groups excluding carboxylic acids is 1. The summed E-state index contributed by atoms with van der Waals surface area (Å²) in [6.45, 7) is 5.85. The third-order valence-electron chi connectivity index (χ3n) is 5.64. The maximum Gasteiger partial charge on any atom is 0.407 e. The van der Waals surface area contributed by atoms with E-state index in [1.165, 1.54) is 0 Å². The van der Waals surface area contributed by atoms with Crippen LogP contribution < -0.4 is 19.5 Å². The van der Waals surface area contributed by atoms with Crippen LogP contribution in [-0.2, 0) is 16.1 Å². The lowest BCUT2D eigenvalue weighted by molar-refractivity contribution is 0.0405. The van der Waals surface area contributed by atoms with E-state index in [9.17, 15) is 9.90 Å². The largest absolute Gasteiger partial charge is 0.493 e. The number of ether oxygens (including phenoxy) is 5. The molecular formula is C26H31NO7. The molecule has 1 heterocycles. The maximum absolute atomic E-state index is 12.6. The lowest BCUT2D eigenvalue weighted by Gasteiger charge is -2.36. The molecule has 0 aromatic heterocycles. The molecule has 1 aliphatic heterocycles. The quantitative estimate of drug-likeness (QED) is 0.652. The average molecular weight is 470 g/mol. The maximum atomic E-state index is 12.6. The molecule has 3 atom stereocenters. The van der Waals surface area contributed by atoms with Gasteiger partial charge in [0.05, 0.1) is 25.0 Å². The van der Waals surface area contributed by atoms with Crippen molar-refractivity contribution in [2.24, 2.45) is 0 Å². The van der Waals surface area contributed by atoms with Gasteiger partial charge in [0, 0.05) is 12.3 Å². The van der Waals surface area contributed by atoms with E-state index in [-0.39, 0.29) is 12.7 Å². The van der Waals surface area contributed by atoms with Crippen LogP contribution >= 0.6 is 0 Å². The summed E-state index contributed by atoms with van der Waals surface area (Å²) in [5.74, 6) is 1.93. The number of alkyl carbamates (subject to hydrolysis) is 1. The highest BCUT2D eigenvalue weighted by Gasteiger charge is 2.38. The average Bonchev–Trinajstić information content (AvgIpc) is 3.27.